The number of hydrazone groups is 1. The Kier molecular flexibility index (Phi) is 5.94. The first-order chi connectivity index (χ1) is 15.3. The van der Waals surface area contributed by atoms with Crippen molar-refractivity contribution in [2.75, 3.05) is 17.9 Å². The van der Waals surface area contributed by atoms with Crippen molar-refractivity contribution in [3.63, 3.8) is 0 Å². The molecule has 0 saturated carbocycles. The van der Waals surface area contributed by atoms with Crippen LogP contribution in [0.25, 0.3) is 5.69 Å². The summed E-state index contributed by atoms with van der Waals surface area (Å²) in [6, 6.07) is 15.3. The maximum Gasteiger partial charge on any atom is 0.160 e. The summed E-state index contributed by atoms with van der Waals surface area (Å²) in [6.45, 7) is 0. The molecule has 9 heteroatoms. The molecule has 0 spiro atoms. The zero-order chi connectivity index (χ0) is 21.5. The lowest BCUT2D eigenvalue weighted by molar-refractivity contribution is 0.415. The molecule has 0 fully saturated rings. The van der Waals surface area contributed by atoms with Gasteiger partial charge in [-0.05, 0) is 29.8 Å². The Labute approximate surface area is 179 Å². The monoisotopic (exact) mass is 412 g/mol. The number of benzene rings is 2. The number of methoxy groups -OCH3 is 1. The van der Waals surface area contributed by atoms with Gasteiger partial charge >= 0.3 is 0 Å². The standard InChI is InChI=1S/C22H20N8O/c1-31-19-4-2-3-17(11-19)28-21-20(12-23)22(26-14-25-21)29-27-13-16-5-7-18(8-6-16)30-10-9-24-15-30/h2-15,23H,1H3,(H2,25,26,28,29)/b23-12?,27-13+. The molecular formula is C22H20N8O. The Morgan fingerprint density at radius 2 is 1.94 bits per heavy atom. The number of anilines is 3. The summed E-state index contributed by atoms with van der Waals surface area (Å²) >= 11 is 0. The van der Waals surface area contributed by atoms with Crippen molar-refractivity contribution in [3.05, 3.63) is 84.7 Å². The third-order valence-corrected chi connectivity index (χ3v) is 4.44. The van der Waals surface area contributed by atoms with Gasteiger partial charge in [0.1, 0.15) is 17.9 Å². The average molecular weight is 412 g/mol. The Morgan fingerprint density at radius 3 is 2.68 bits per heavy atom. The van der Waals surface area contributed by atoms with Gasteiger partial charge in [-0.1, -0.05) is 18.2 Å². The molecule has 2 aromatic carbocycles. The van der Waals surface area contributed by atoms with Crippen LogP contribution < -0.4 is 15.5 Å². The number of ether oxygens (including phenoxy) is 1. The van der Waals surface area contributed by atoms with Crippen LogP contribution >= 0.6 is 0 Å². The summed E-state index contributed by atoms with van der Waals surface area (Å²) in [4.78, 5) is 12.5. The predicted octanol–water partition coefficient (Wildman–Crippen LogP) is 3.86. The Bertz CT molecular complexity index is 1190. The first-order valence-corrected chi connectivity index (χ1v) is 9.41. The van der Waals surface area contributed by atoms with E-state index in [1.54, 1.807) is 25.8 Å². The van der Waals surface area contributed by atoms with Gasteiger partial charge in [-0.2, -0.15) is 5.10 Å². The molecule has 0 unspecified atom stereocenters. The summed E-state index contributed by atoms with van der Waals surface area (Å²) in [5, 5.41) is 15.2. The highest BCUT2D eigenvalue weighted by Gasteiger charge is 2.09. The second kappa shape index (κ2) is 9.31. The number of hydrogen-bond donors (Lipinski definition) is 3. The van der Waals surface area contributed by atoms with E-state index in [4.69, 9.17) is 10.1 Å². The smallest absolute Gasteiger partial charge is 0.160 e. The van der Waals surface area contributed by atoms with Crippen molar-refractivity contribution in [3.8, 4) is 11.4 Å². The molecule has 0 aliphatic carbocycles. The second-order valence-corrected chi connectivity index (χ2v) is 6.42. The van der Waals surface area contributed by atoms with Crippen molar-refractivity contribution in [1.82, 2.24) is 19.5 Å². The third-order valence-electron chi connectivity index (χ3n) is 4.44. The van der Waals surface area contributed by atoms with Crippen LogP contribution in [0.4, 0.5) is 17.3 Å². The van der Waals surface area contributed by atoms with E-state index in [0.29, 0.717) is 17.2 Å². The molecule has 0 aliphatic rings. The second-order valence-electron chi connectivity index (χ2n) is 6.42. The summed E-state index contributed by atoms with van der Waals surface area (Å²) in [7, 11) is 1.61. The van der Waals surface area contributed by atoms with Gasteiger partial charge in [-0.15, -0.1) is 0 Å². The number of hydrogen-bond acceptors (Lipinski definition) is 8. The molecule has 9 nitrogen and oxygen atoms in total. The molecule has 2 aromatic heterocycles. The molecule has 4 aromatic rings. The first-order valence-electron chi connectivity index (χ1n) is 9.41. The first kappa shape index (κ1) is 19.8. The molecule has 0 saturated heterocycles. The van der Waals surface area contributed by atoms with Crippen molar-refractivity contribution in [2.24, 2.45) is 5.10 Å². The fourth-order valence-electron chi connectivity index (χ4n) is 2.87. The number of nitrogens with one attached hydrogen (secondary N) is 3. The van der Waals surface area contributed by atoms with E-state index < -0.39 is 0 Å². The van der Waals surface area contributed by atoms with Crippen molar-refractivity contribution >= 4 is 29.8 Å². The van der Waals surface area contributed by atoms with Crippen LogP contribution in [-0.4, -0.2) is 39.1 Å². The van der Waals surface area contributed by atoms with Gasteiger partial charge in [0.2, 0.25) is 0 Å². The minimum absolute atomic E-state index is 0.418. The van der Waals surface area contributed by atoms with E-state index >= 15 is 0 Å². The van der Waals surface area contributed by atoms with E-state index in [9.17, 15) is 0 Å². The fraction of sp³-hybridized carbons (Fsp3) is 0.0455. The van der Waals surface area contributed by atoms with Crippen LogP contribution in [0.1, 0.15) is 11.1 Å². The lowest BCUT2D eigenvalue weighted by Crippen LogP contribution is -2.05. The maximum atomic E-state index is 7.79. The number of nitrogens with zero attached hydrogens (tertiary/aromatic N) is 5. The molecule has 154 valence electrons. The normalized spacial score (nSPS) is 10.7. The number of rotatable bonds is 8. The van der Waals surface area contributed by atoms with E-state index in [2.05, 4.69) is 30.8 Å². The highest BCUT2D eigenvalue weighted by atomic mass is 16.5. The maximum absolute atomic E-state index is 7.79. The minimum atomic E-state index is 0.418. The highest BCUT2D eigenvalue weighted by molar-refractivity contribution is 5.92. The van der Waals surface area contributed by atoms with Crippen molar-refractivity contribution in [1.29, 1.82) is 5.41 Å². The Balaban J connectivity index is 1.48. The predicted molar refractivity (Wildman–Crippen MR) is 121 cm³/mol. The van der Waals surface area contributed by atoms with E-state index in [0.717, 1.165) is 22.7 Å². The van der Waals surface area contributed by atoms with Crippen LogP contribution in [0.3, 0.4) is 0 Å². The molecular weight excluding hydrogens is 392 g/mol. The Hall–Kier alpha value is -4.53. The summed E-state index contributed by atoms with van der Waals surface area (Å²) < 4.78 is 7.17. The fourth-order valence-corrected chi connectivity index (χ4v) is 2.87. The quantitative estimate of drug-likeness (QED) is 0.299. The molecule has 0 radical (unpaired) electrons. The van der Waals surface area contributed by atoms with Crippen LogP contribution in [0, 0.1) is 5.41 Å². The van der Waals surface area contributed by atoms with Crippen molar-refractivity contribution in [2.45, 2.75) is 0 Å². The van der Waals surface area contributed by atoms with Crippen LogP contribution in [0.2, 0.25) is 0 Å². The molecule has 3 N–H and O–H groups in total. The van der Waals surface area contributed by atoms with E-state index in [1.807, 2.05) is 59.3 Å². The van der Waals surface area contributed by atoms with Gasteiger partial charge in [-0.3, -0.25) is 5.43 Å². The van der Waals surface area contributed by atoms with Gasteiger partial charge in [0.15, 0.2) is 5.82 Å². The number of aromatic nitrogens is 4. The summed E-state index contributed by atoms with van der Waals surface area (Å²) in [5.74, 6) is 1.62. The lowest BCUT2D eigenvalue weighted by Gasteiger charge is -2.11. The van der Waals surface area contributed by atoms with Gasteiger partial charge < -0.3 is 20.0 Å². The van der Waals surface area contributed by atoms with Crippen LogP contribution in [0.5, 0.6) is 5.75 Å². The summed E-state index contributed by atoms with van der Waals surface area (Å²) in [5.41, 5.74) is 6.09. The average Bonchev–Trinajstić information content (AvgIpc) is 3.35. The largest absolute Gasteiger partial charge is 0.497 e. The topological polar surface area (TPSA) is 113 Å². The molecule has 0 atom stereocenters. The van der Waals surface area contributed by atoms with Crippen LogP contribution in [0.15, 0.2) is 78.7 Å². The zero-order valence-electron chi connectivity index (χ0n) is 16.7. The van der Waals surface area contributed by atoms with Gasteiger partial charge in [-0.25, -0.2) is 15.0 Å². The zero-order valence-corrected chi connectivity index (χ0v) is 16.7. The molecule has 4 rings (SSSR count). The van der Waals surface area contributed by atoms with E-state index in [1.165, 1.54) is 12.5 Å². The molecule has 2 heterocycles. The number of imidazole rings is 1. The van der Waals surface area contributed by atoms with Gasteiger partial charge in [0.05, 0.1) is 25.2 Å². The molecule has 0 bridgehead atoms. The lowest BCUT2D eigenvalue weighted by atomic mass is 10.2. The third kappa shape index (κ3) is 4.73. The SMILES string of the molecule is COc1cccc(Nc2ncnc(N/N=C/c3ccc(-n4ccnc4)cc3)c2C=N)c1. The minimum Gasteiger partial charge on any atom is -0.497 e. The highest BCUT2D eigenvalue weighted by Crippen LogP contribution is 2.24. The van der Waals surface area contributed by atoms with Crippen molar-refractivity contribution < 1.29 is 4.74 Å². The van der Waals surface area contributed by atoms with Gasteiger partial charge in [0.25, 0.3) is 0 Å². The van der Waals surface area contributed by atoms with Crippen LogP contribution in [-0.2, 0) is 0 Å². The summed E-state index contributed by atoms with van der Waals surface area (Å²) in [6.07, 6.45) is 9.64. The Morgan fingerprint density at radius 1 is 1.10 bits per heavy atom. The molecule has 31 heavy (non-hydrogen) atoms. The molecule has 0 aliphatic heterocycles. The van der Waals surface area contributed by atoms with E-state index in [-0.39, 0.29) is 0 Å². The molecule has 0 amide bonds. The van der Waals surface area contributed by atoms with Gasteiger partial charge in [0, 0.05) is 36.0 Å².